The smallest absolute Gasteiger partial charge is 0.123 e. The van der Waals surface area contributed by atoms with E-state index in [1.54, 1.807) is 12.1 Å². The molecule has 0 aliphatic carbocycles. The van der Waals surface area contributed by atoms with Crippen LogP contribution >= 0.6 is 0 Å². The molecule has 3 rings (SSSR count). The van der Waals surface area contributed by atoms with Gasteiger partial charge in [-0.25, -0.2) is 4.39 Å². The van der Waals surface area contributed by atoms with Crippen molar-refractivity contribution in [1.82, 2.24) is 19.6 Å². The van der Waals surface area contributed by atoms with Gasteiger partial charge in [-0.2, -0.15) is 5.10 Å². The second kappa shape index (κ2) is 6.58. The molecule has 1 aliphatic rings. The van der Waals surface area contributed by atoms with Crippen molar-refractivity contribution in [2.24, 2.45) is 0 Å². The monoisotopic (exact) mass is 302 g/mol. The van der Waals surface area contributed by atoms with Gasteiger partial charge in [-0.1, -0.05) is 12.1 Å². The molecule has 0 bridgehead atoms. The Labute approximate surface area is 131 Å². The Kier molecular flexibility index (Phi) is 4.55. The van der Waals surface area contributed by atoms with Crippen LogP contribution in [-0.2, 0) is 13.1 Å². The maximum atomic E-state index is 13.4. The van der Waals surface area contributed by atoms with Crippen LogP contribution in [-0.4, -0.2) is 46.8 Å². The first-order chi connectivity index (χ1) is 10.6. The summed E-state index contributed by atoms with van der Waals surface area (Å²) in [6.07, 6.45) is 2.95. The molecule has 2 heterocycles. The van der Waals surface area contributed by atoms with E-state index in [1.807, 2.05) is 12.3 Å². The van der Waals surface area contributed by atoms with E-state index < -0.39 is 0 Å². The molecule has 1 aliphatic heterocycles. The van der Waals surface area contributed by atoms with Gasteiger partial charge in [0.25, 0.3) is 0 Å². The minimum absolute atomic E-state index is 0.163. The Morgan fingerprint density at radius 3 is 2.95 bits per heavy atom. The minimum atomic E-state index is -0.163. The molecule has 0 N–H and O–H groups in total. The van der Waals surface area contributed by atoms with E-state index >= 15 is 0 Å². The highest BCUT2D eigenvalue weighted by molar-refractivity contribution is 5.17. The fourth-order valence-electron chi connectivity index (χ4n) is 3.10. The zero-order valence-corrected chi connectivity index (χ0v) is 13.2. The molecule has 4 nitrogen and oxygen atoms in total. The van der Waals surface area contributed by atoms with Crippen molar-refractivity contribution < 1.29 is 4.39 Å². The van der Waals surface area contributed by atoms with Gasteiger partial charge < -0.3 is 4.90 Å². The van der Waals surface area contributed by atoms with Crippen molar-refractivity contribution in [1.29, 1.82) is 0 Å². The number of hydrogen-bond donors (Lipinski definition) is 0. The summed E-state index contributed by atoms with van der Waals surface area (Å²) in [7, 11) is 4.19. The maximum absolute atomic E-state index is 13.4. The maximum Gasteiger partial charge on any atom is 0.123 e. The Balaban J connectivity index is 1.72. The van der Waals surface area contributed by atoms with E-state index in [0.29, 0.717) is 6.04 Å². The van der Waals surface area contributed by atoms with Crippen molar-refractivity contribution in [2.45, 2.75) is 25.6 Å². The van der Waals surface area contributed by atoms with Gasteiger partial charge in [0, 0.05) is 25.8 Å². The van der Waals surface area contributed by atoms with Gasteiger partial charge in [0.15, 0.2) is 0 Å². The Hall–Kier alpha value is -1.72. The first-order valence-corrected chi connectivity index (χ1v) is 7.76. The standard InChI is InChI=1S/C17H23FN4/c1-20(2)9-7-17-13-21(12-16-6-8-19-22(16)17)11-14-4-3-5-15(18)10-14/h3-6,8,10,17H,7,9,11-13H2,1-2H3/t17-/m1/s1. The largest absolute Gasteiger partial charge is 0.309 e. The molecule has 1 aromatic heterocycles. The Morgan fingerprint density at radius 2 is 2.18 bits per heavy atom. The number of nitrogens with zero attached hydrogens (tertiary/aromatic N) is 4. The minimum Gasteiger partial charge on any atom is -0.309 e. The number of rotatable bonds is 5. The van der Waals surface area contributed by atoms with Crippen molar-refractivity contribution >= 4 is 0 Å². The first kappa shape index (κ1) is 15.2. The molecule has 2 aromatic rings. The van der Waals surface area contributed by atoms with Gasteiger partial charge in [0.1, 0.15) is 5.82 Å². The number of aromatic nitrogens is 2. The summed E-state index contributed by atoms with van der Waals surface area (Å²) >= 11 is 0. The molecule has 0 unspecified atom stereocenters. The van der Waals surface area contributed by atoms with E-state index in [0.717, 1.165) is 38.2 Å². The molecular formula is C17H23FN4. The molecule has 5 heteroatoms. The van der Waals surface area contributed by atoms with E-state index in [9.17, 15) is 4.39 Å². The normalized spacial score (nSPS) is 18.6. The molecule has 1 aromatic carbocycles. The quantitative estimate of drug-likeness (QED) is 0.848. The second-order valence-electron chi connectivity index (χ2n) is 6.31. The van der Waals surface area contributed by atoms with Gasteiger partial charge in [-0.15, -0.1) is 0 Å². The fraction of sp³-hybridized carbons (Fsp3) is 0.471. The molecule has 22 heavy (non-hydrogen) atoms. The Bertz CT molecular complexity index is 623. The van der Waals surface area contributed by atoms with Crippen LogP contribution in [0.25, 0.3) is 0 Å². The summed E-state index contributed by atoms with van der Waals surface area (Å²) in [6, 6.07) is 9.36. The molecule has 0 radical (unpaired) electrons. The van der Waals surface area contributed by atoms with Gasteiger partial charge in [-0.05, 0) is 50.8 Å². The highest BCUT2D eigenvalue weighted by Crippen LogP contribution is 2.24. The van der Waals surface area contributed by atoms with Crippen LogP contribution in [0.1, 0.15) is 23.7 Å². The SMILES string of the molecule is CN(C)CC[C@@H]1CN(Cc2cccc(F)c2)Cc2ccnn21. The summed E-state index contributed by atoms with van der Waals surface area (Å²) in [5.41, 5.74) is 2.27. The second-order valence-corrected chi connectivity index (χ2v) is 6.31. The highest BCUT2D eigenvalue weighted by Gasteiger charge is 2.25. The summed E-state index contributed by atoms with van der Waals surface area (Å²) in [5.74, 6) is -0.163. The van der Waals surface area contributed by atoms with Gasteiger partial charge in [0.2, 0.25) is 0 Å². The molecule has 1 atom stereocenters. The molecule has 0 saturated heterocycles. The molecule has 0 fully saturated rings. The van der Waals surface area contributed by atoms with Crippen LogP contribution in [0.15, 0.2) is 36.5 Å². The van der Waals surface area contributed by atoms with Crippen LogP contribution in [0.5, 0.6) is 0 Å². The summed E-state index contributed by atoms with van der Waals surface area (Å²) in [6.45, 7) is 3.65. The average molecular weight is 302 g/mol. The molecular weight excluding hydrogens is 279 g/mol. The van der Waals surface area contributed by atoms with Crippen molar-refractivity contribution in [3.05, 3.63) is 53.6 Å². The predicted molar refractivity (Wildman–Crippen MR) is 84.9 cm³/mol. The number of benzene rings is 1. The van der Waals surface area contributed by atoms with Crippen LogP contribution in [0, 0.1) is 5.82 Å². The van der Waals surface area contributed by atoms with Crippen LogP contribution in [0.4, 0.5) is 4.39 Å². The van der Waals surface area contributed by atoms with Gasteiger partial charge in [0.05, 0.1) is 11.7 Å². The highest BCUT2D eigenvalue weighted by atomic mass is 19.1. The van der Waals surface area contributed by atoms with Gasteiger partial charge >= 0.3 is 0 Å². The number of hydrogen-bond acceptors (Lipinski definition) is 3. The zero-order valence-electron chi connectivity index (χ0n) is 13.2. The van der Waals surface area contributed by atoms with E-state index in [-0.39, 0.29) is 5.82 Å². The van der Waals surface area contributed by atoms with E-state index in [4.69, 9.17) is 0 Å². The third-order valence-corrected chi connectivity index (χ3v) is 4.16. The topological polar surface area (TPSA) is 24.3 Å². The van der Waals surface area contributed by atoms with Crippen LogP contribution in [0.2, 0.25) is 0 Å². The van der Waals surface area contributed by atoms with Crippen LogP contribution in [0.3, 0.4) is 0 Å². The van der Waals surface area contributed by atoms with Crippen molar-refractivity contribution in [3.63, 3.8) is 0 Å². The molecule has 0 amide bonds. The van der Waals surface area contributed by atoms with Crippen molar-refractivity contribution in [2.75, 3.05) is 27.2 Å². The number of halogens is 1. The lowest BCUT2D eigenvalue weighted by atomic mass is 10.1. The summed E-state index contributed by atoms with van der Waals surface area (Å²) < 4.78 is 15.5. The summed E-state index contributed by atoms with van der Waals surface area (Å²) in [5, 5.41) is 4.48. The lowest BCUT2D eigenvalue weighted by molar-refractivity contribution is 0.155. The predicted octanol–water partition coefficient (Wildman–Crippen LogP) is 2.53. The lowest BCUT2D eigenvalue weighted by Crippen LogP contribution is -2.38. The van der Waals surface area contributed by atoms with E-state index in [1.165, 1.54) is 11.8 Å². The molecule has 0 spiro atoms. The van der Waals surface area contributed by atoms with E-state index in [2.05, 4.69) is 39.7 Å². The average Bonchev–Trinajstić information content (AvgIpc) is 2.93. The number of fused-ring (bicyclic) bond motifs is 1. The van der Waals surface area contributed by atoms with Gasteiger partial charge in [-0.3, -0.25) is 9.58 Å². The third-order valence-electron chi connectivity index (χ3n) is 4.16. The first-order valence-electron chi connectivity index (χ1n) is 7.76. The summed E-state index contributed by atoms with van der Waals surface area (Å²) in [4.78, 5) is 4.58. The zero-order chi connectivity index (χ0) is 15.5. The lowest BCUT2D eigenvalue weighted by Gasteiger charge is -2.34. The fourth-order valence-corrected chi connectivity index (χ4v) is 3.10. The third kappa shape index (κ3) is 3.54. The Morgan fingerprint density at radius 1 is 1.32 bits per heavy atom. The molecule has 118 valence electrons. The van der Waals surface area contributed by atoms with Crippen molar-refractivity contribution in [3.8, 4) is 0 Å². The molecule has 0 saturated carbocycles. The van der Waals surface area contributed by atoms with Crippen LogP contribution < -0.4 is 0 Å².